The summed E-state index contributed by atoms with van der Waals surface area (Å²) in [6.07, 6.45) is 0. The van der Waals surface area contributed by atoms with E-state index >= 15 is 0 Å². The molecule has 1 fully saturated rings. The quantitative estimate of drug-likeness (QED) is 0.710. The average Bonchev–Trinajstić information content (AvgIpc) is 2.16. The molecule has 0 spiro atoms. The Kier molecular flexibility index (Phi) is 4.06. The van der Waals surface area contributed by atoms with Gasteiger partial charge >= 0.3 is 0 Å². The van der Waals surface area contributed by atoms with E-state index in [-0.39, 0.29) is 11.9 Å². The smallest absolute Gasteiger partial charge is 0.239 e. The van der Waals surface area contributed by atoms with Crippen LogP contribution in [0, 0.1) is 0 Å². The summed E-state index contributed by atoms with van der Waals surface area (Å²) in [6.45, 7) is 4.93. The predicted molar refractivity (Wildman–Crippen MR) is 57.0 cm³/mol. The highest BCUT2D eigenvalue weighted by Gasteiger charge is 2.26. The van der Waals surface area contributed by atoms with E-state index < -0.39 is 0 Å². The maximum atomic E-state index is 11.8. The third-order valence-electron chi connectivity index (χ3n) is 2.45. The zero-order valence-electron chi connectivity index (χ0n) is 8.54. The second-order valence-electron chi connectivity index (χ2n) is 3.47. The second kappa shape index (κ2) is 4.86. The molecular formula is C9H18N2OS. The van der Waals surface area contributed by atoms with Crippen LogP contribution in [0.15, 0.2) is 0 Å². The van der Waals surface area contributed by atoms with Gasteiger partial charge in [-0.2, -0.15) is 11.8 Å². The molecule has 0 aromatic rings. The van der Waals surface area contributed by atoms with Gasteiger partial charge in [-0.15, -0.1) is 0 Å². The number of carbonyl (C=O) groups excluding carboxylic acids is 1. The van der Waals surface area contributed by atoms with Crippen molar-refractivity contribution < 1.29 is 4.79 Å². The summed E-state index contributed by atoms with van der Waals surface area (Å²) < 4.78 is 0. The lowest BCUT2D eigenvalue weighted by Crippen LogP contribution is -2.51. The summed E-state index contributed by atoms with van der Waals surface area (Å²) >= 11 is 1.93. The molecule has 1 aliphatic rings. The van der Waals surface area contributed by atoms with Crippen LogP contribution in [0.2, 0.25) is 0 Å². The van der Waals surface area contributed by atoms with Crippen molar-refractivity contribution in [2.24, 2.45) is 0 Å². The molecule has 13 heavy (non-hydrogen) atoms. The van der Waals surface area contributed by atoms with Crippen LogP contribution in [0.4, 0.5) is 0 Å². The maximum Gasteiger partial charge on any atom is 0.239 e. The first kappa shape index (κ1) is 10.9. The third kappa shape index (κ3) is 2.61. The van der Waals surface area contributed by atoms with Crippen LogP contribution in [0.25, 0.3) is 0 Å². The van der Waals surface area contributed by atoms with Crippen LogP contribution in [0.1, 0.15) is 13.8 Å². The van der Waals surface area contributed by atoms with Crippen LogP contribution >= 0.6 is 11.8 Å². The fourth-order valence-electron chi connectivity index (χ4n) is 1.43. The minimum absolute atomic E-state index is 0.0504. The number of likely N-dealkylation sites (N-methyl/N-ethyl adjacent to an activating group) is 1. The lowest BCUT2D eigenvalue weighted by atomic mass is 10.2. The van der Waals surface area contributed by atoms with Crippen molar-refractivity contribution in [1.82, 2.24) is 10.2 Å². The van der Waals surface area contributed by atoms with Gasteiger partial charge < -0.3 is 10.2 Å². The largest absolute Gasteiger partial charge is 0.337 e. The van der Waals surface area contributed by atoms with E-state index in [1.54, 1.807) is 0 Å². The summed E-state index contributed by atoms with van der Waals surface area (Å²) in [5, 5.41) is 2.98. The highest BCUT2D eigenvalue weighted by Crippen LogP contribution is 2.16. The van der Waals surface area contributed by atoms with E-state index in [1.807, 2.05) is 30.6 Å². The molecule has 4 heteroatoms. The van der Waals surface area contributed by atoms with Gasteiger partial charge in [-0.05, 0) is 20.9 Å². The fourth-order valence-corrected chi connectivity index (χ4v) is 2.44. The number of amides is 1. The number of rotatable bonds is 2. The highest BCUT2D eigenvalue weighted by molar-refractivity contribution is 7.99. The van der Waals surface area contributed by atoms with Crippen molar-refractivity contribution in [2.75, 3.05) is 25.1 Å². The maximum absolute atomic E-state index is 11.8. The van der Waals surface area contributed by atoms with Crippen molar-refractivity contribution in [3.8, 4) is 0 Å². The number of nitrogens with zero attached hydrogens (tertiary/aromatic N) is 1. The molecule has 1 rings (SSSR count). The second-order valence-corrected chi connectivity index (χ2v) is 4.62. The number of nitrogens with one attached hydrogen (secondary N) is 1. The normalized spacial score (nSPS) is 25.8. The van der Waals surface area contributed by atoms with Gasteiger partial charge in [0, 0.05) is 24.1 Å². The Morgan fingerprint density at radius 1 is 1.69 bits per heavy atom. The summed E-state index contributed by atoms with van der Waals surface area (Å²) in [5.74, 6) is 2.38. The molecule has 1 N–H and O–H groups in total. The fraction of sp³-hybridized carbons (Fsp3) is 0.889. The molecule has 3 nitrogen and oxygen atoms in total. The van der Waals surface area contributed by atoms with Gasteiger partial charge in [-0.25, -0.2) is 0 Å². The molecule has 1 amide bonds. The van der Waals surface area contributed by atoms with Crippen molar-refractivity contribution in [1.29, 1.82) is 0 Å². The van der Waals surface area contributed by atoms with Crippen molar-refractivity contribution in [3.63, 3.8) is 0 Å². The summed E-state index contributed by atoms with van der Waals surface area (Å²) in [7, 11) is 1.83. The molecule has 0 aliphatic carbocycles. The topological polar surface area (TPSA) is 32.3 Å². The van der Waals surface area contributed by atoms with E-state index in [1.165, 1.54) is 0 Å². The van der Waals surface area contributed by atoms with E-state index in [2.05, 4.69) is 12.2 Å². The molecule has 0 bridgehead atoms. The SMILES string of the molecule is CNC(C)C(=O)N1CCSCC1C. The number of thioether (sulfide) groups is 1. The van der Waals surface area contributed by atoms with Crippen molar-refractivity contribution >= 4 is 17.7 Å². The third-order valence-corrected chi connectivity index (χ3v) is 3.64. The van der Waals surface area contributed by atoms with Crippen LogP contribution < -0.4 is 5.32 Å². The molecule has 1 saturated heterocycles. The van der Waals surface area contributed by atoms with Gasteiger partial charge in [-0.3, -0.25) is 4.79 Å². The van der Waals surface area contributed by atoms with Gasteiger partial charge in [0.1, 0.15) is 0 Å². The Bertz CT molecular complexity index is 186. The minimum atomic E-state index is -0.0504. The van der Waals surface area contributed by atoms with Crippen molar-refractivity contribution in [3.05, 3.63) is 0 Å². The zero-order chi connectivity index (χ0) is 9.84. The summed E-state index contributed by atoms with van der Waals surface area (Å²) in [5.41, 5.74) is 0. The Balaban J connectivity index is 2.53. The Labute approximate surface area is 84.2 Å². The molecule has 0 saturated carbocycles. The molecule has 2 atom stereocenters. The van der Waals surface area contributed by atoms with E-state index in [0.717, 1.165) is 18.1 Å². The Morgan fingerprint density at radius 2 is 2.38 bits per heavy atom. The Morgan fingerprint density at radius 3 is 2.92 bits per heavy atom. The van der Waals surface area contributed by atoms with Crippen LogP contribution in [0.5, 0.6) is 0 Å². The molecule has 1 aliphatic heterocycles. The molecule has 0 aromatic heterocycles. The monoisotopic (exact) mass is 202 g/mol. The molecule has 0 radical (unpaired) electrons. The van der Waals surface area contributed by atoms with E-state index in [9.17, 15) is 4.79 Å². The molecule has 2 unspecified atom stereocenters. The first-order chi connectivity index (χ1) is 6.16. The van der Waals surface area contributed by atoms with Crippen molar-refractivity contribution in [2.45, 2.75) is 25.9 Å². The van der Waals surface area contributed by atoms with Crippen LogP contribution in [-0.2, 0) is 4.79 Å². The first-order valence-electron chi connectivity index (χ1n) is 4.72. The van der Waals surface area contributed by atoms with Gasteiger partial charge in [0.05, 0.1) is 6.04 Å². The van der Waals surface area contributed by atoms with E-state index in [4.69, 9.17) is 0 Å². The summed E-state index contributed by atoms with van der Waals surface area (Å²) in [6, 6.07) is 0.340. The molecule has 76 valence electrons. The van der Waals surface area contributed by atoms with Gasteiger partial charge in [0.15, 0.2) is 0 Å². The Hall–Kier alpha value is -0.220. The number of hydrogen-bond donors (Lipinski definition) is 1. The number of carbonyl (C=O) groups is 1. The summed E-state index contributed by atoms with van der Waals surface area (Å²) in [4.78, 5) is 13.8. The standard InChI is InChI=1S/C9H18N2OS/c1-7-6-13-5-4-11(7)9(12)8(2)10-3/h7-8,10H,4-6H2,1-3H3. The van der Waals surface area contributed by atoms with Gasteiger partial charge in [0.25, 0.3) is 0 Å². The van der Waals surface area contributed by atoms with Crippen LogP contribution in [-0.4, -0.2) is 48.0 Å². The predicted octanol–water partition coefficient (Wildman–Crippen LogP) is 0.558. The van der Waals surface area contributed by atoms with E-state index in [0.29, 0.717) is 6.04 Å². The van der Waals surface area contributed by atoms with Gasteiger partial charge in [0.2, 0.25) is 5.91 Å². The first-order valence-corrected chi connectivity index (χ1v) is 5.87. The minimum Gasteiger partial charge on any atom is -0.337 e. The molecule has 1 heterocycles. The number of hydrogen-bond acceptors (Lipinski definition) is 3. The van der Waals surface area contributed by atoms with Gasteiger partial charge in [-0.1, -0.05) is 0 Å². The molecule has 0 aromatic carbocycles. The lowest BCUT2D eigenvalue weighted by Gasteiger charge is -2.34. The lowest BCUT2D eigenvalue weighted by molar-refractivity contribution is -0.134. The molecular weight excluding hydrogens is 184 g/mol. The highest BCUT2D eigenvalue weighted by atomic mass is 32.2. The zero-order valence-corrected chi connectivity index (χ0v) is 9.36. The average molecular weight is 202 g/mol. The van der Waals surface area contributed by atoms with Crippen LogP contribution in [0.3, 0.4) is 0 Å².